The Bertz CT molecular complexity index is 4500. The molecule has 8 aromatic rings. The number of ether oxygens (including phenoxy) is 14. The van der Waals surface area contributed by atoms with E-state index in [0.717, 1.165) is 13.8 Å². The third-order valence-electron chi connectivity index (χ3n) is 17.4. The van der Waals surface area contributed by atoms with Crippen LogP contribution in [0.2, 0.25) is 0 Å². The molecule has 0 amide bonds. The molecule has 0 saturated carbocycles. The average Bonchev–Trinajstić information content (AvgIpc) is 0.769. The van der Waals surface area contributed by atoms with E-state index in [-0.39, 0.29) is 64.0 Å². The van der Waals surface area contributed by atoms with Crippen LogP contribution in [0.5, 0.6) is 0 Å². The molecule has 1 aliphatic rings. The van der Waals surface area contributed by atoms with Gasteiger partial charge in [-0.1, -0.05) is 171 Å². The first-order valence-electron chi connectivity index (χ1n) is 36.9. The molecule has 0 radical (unpaired) electrons. The van der Waals surface area contributed by atoms with Crippen molar-refractivity contribution in [2.45, 2.75) is 139 Å². The van der Waals surface area contributed by atoms with Crippen molar-refractivity contribution in [3.05, 3.63) is 299 Å². The van der Waals surface area contributed by atoms with Crippen molar-refractivity contribution in [3.8, 4) is 0 Å². The minimum absolute atomic E-state index is 0.0231. The summed E-state index contributed by atoms with van der Waals surface area (Å²) < 4.78 is 86.4. The molecule has 8 aromatic carbocycles. The van der Waals surface area contributed by atoms with Gasteiger partial charge in [-0.2, -0.15) is 0 Å². The lowest BCUT2D eigenvalue weighted by molar-refractivity contribution is -0.331. The molecule has 115 heavy (non-hydrogen) atoms. The fraction of sp³-hybridized carbons (Fsp3) is 0.299. The second-order valence-corrected chi connectivity index (χ2v) is 25.9. The van der Waals surface area contributed by atoms with E-state index in [1.807, 2.05) is 0 Å². The van der Waals surface area contributed by atoms with Crippen molar-refractivity contribution in [1.82, 2.24) is 0 Å². The Kier molecular flexibility index (Phi) is 34.0. The Hall–Kier alpha value is -12.6. The second kappa shape index (κ2) is 45.2. The molecule has 3 N–H and O–H groups in total. The Labute approximate surface area is 661 Å². The highest BCUT2D eigenvalue weighted by Crippen LogP contribution is 2.36. The smallest absolute Gasteiger partial charge is 0.343 e. The van der Waals surface area contributed by atoms with Gasteiger partial charge in [0.2, 0.25) is 12.0 Å². The van der Waals surface area contributed by atoms with E-state index >= 15 is 0 Å². The summed E-state index contributed by atoms with van der Waals surface area (Å²) in [7, 11) is 0. The van der Waals surface area contributed by atoms with Crippen LogP contribution in [0.15, 0.2) is 254 Å². The lowest BCUT2D eigenvalue weighted by Gasteiger charge is -2.46. The highest BCUT2D eigenvalue weighted by Gasteiger charge is 2.56. The summed E-state index contributed by atoms with van der Waals surface area (Å²) in [5.41, 5.74) is -0.422. The van der Waals surface area contributed by atoms with Gasteiger partial charge in [0.15, 0.2) is 48.9 Å². The van der Waals surface area contributed by atoms with Gasteiger partial charge in [0, 0.05) is 39.7 Å². The van der Waals surface area contributed by atoms with Gasteiger partial charge in [0.25, 0.3) is 0 Å². The molecular weight excluding hydrogens is 1490 g/mol. The summed E-state index contributed by atoms with van der Waals surface area (Å²) in [6.07, 6.45) is -22.2. The van der Waals surface area contributed by atoms with Crippen LogP contribution >= 0.6 is 0 Å². The standard InChI is InChI=1S/C87H86O28/c1-56(88)106-66(50-54-104-86(101)75(113-83(98)64-45-27-13-28-46-64)70(110-80(95)61-39-21-10-22-40-61)67(108-79(94)60-37-19-9-20-38-60)51-53-103-77(92)58-33-15-7-16-34-58)71(74(107-57(2)89)85(100)102-52-32-6-4-3-5-31-49-69(90)91)115-87-76(114-84(99)65-47-29-14-30-48-65)73(112-82(97)63-43-25-12-26-44-63)72(111-81(96)62-41-23-11-24-42-62)68(109-87)55-105-78(93)59-35-17-8-18-36-59/h7-30,33-48,66-68,71-74,76,85-87,100-101H,3-6,31-32,49-55H2,1-2H3,(H,90,91)/b75-70+. The fourth-order valence-electron chi connectivity index (χ4n) is 11.8. The van der Waals surface area contributed by atoms with Gasteiger partial charge in [0.05, 0.1) is 57.7 Å². The minimum atomic E-state index is -2.64. The number of hydrogen-bond acceptors (Lipinski definition) is 27. The van der Waals surface area contributed by atoms with Crippen molar-refractivity contribution in [1.29, 1.82) is 0 Å². The monoisotopic (exact) mass is 1580 g/mol. The second-order valence-electron chi connectivity index (χ2n) is 25.9. The third kappa shape index (κ3) is 27.1. The number of hydrogen-bond donors (Lipinski definition) is 3. The minimum Gasteiger partial charge on any atom is -0.481 e. The number of esters is 10. The Balaban J connectivity index is 1.18. The van der Waals surface area contributed by atoms with Crippen LogP contribution in [-0.4, -0.2) is 175 Å². The van der Waals surface area contributed by atoms with E-state index in [2.05, 4.69) is 0 Å². The Morgan fingerprint density at radius 2 is 0.748 bits per heavy atom. The fourth-order valence-corrected chi connectivity index (χ4v) is 11.8. The van der Waals surface area contributed by atoms with E-state index in [0.29, 0.717) is 32.1 Å². The molecule has 11 unspecified atom stereocenters. The lowest BCUT2D eigenvalue weighted by Crippen LogP contribution is -2.65. The van der Waals surface area contributed by atoms with E-state index in [9.17, 15) is 68.1 Å². The van der Waals surface area contributed by atoms with Crippen molar-refractivity contribution in [3.63, 3.8) is 0 Å². The zero-order chi connectivity index (χ0) is 81.9. The number of carboxylic acids is 1. The molecule has 1 fully saturated rings. The number of aliphatic hydroxyl groups excluding tert-OH is 2. The van der Waals surface area contributed by atoms with Gasteiger partial charge in [-0.15, -0.1) is 0 Å². The predicted octanol–water partition coefficient (Wildman–Crippen LogP) is 11.8. The molecular formula is C87H86O28. The Morgan fingerprint density at radius 1 is 0.365 bits per heavy atom. The summed E-state index contributed by atoms with van der Waals surface area (Å²) in [6, 6.07) is 59.6. The van der Waals surface area contributed by atoms with Crippen LogP contribution < -0.4 is 0 Å². The molecule has 11 atom stereocenters. The molecule has 1 heterocycles. The van der Waals surface area contributed by atoms with Gasteiger partial charge in [-0.25, -0.2) is 38.4 Å². The molecule has 1 saturated heterocycles. The SMILES string of the molecule is CC(=O)OC(CCOC(O)/C(OC(=O)c1ccccc1)=C(\OC(=O)c1ccccc1)C(CCOC(=O)c1ccccc1)OC(=O)c1ccccc1)C(OC1OC(COC(=O)c2ccccc2)C(OC(=O)c2ccccc2)C(OC(=O)c2ccccc2)C1OC(=O)c1ccccc1)C(OC(C)=O)C(O)OCCCCCCCCC(=O)O. The predicted molar refractivity (Wildman–Crippen MR) is 405 cm³/mol. The van der Waals surface area contributed by atoms with E-state index in [1.54, 1.807) is 72.8 Å². The first kappa shape index (κ1) is 86.4. The summed E-state index contributed by atoms with van der Waals surface area (Å²) in [5, 5.41) is 34.4. The molecule has 0 aromatic heterocycles. The number of carbonyl (C=O) groups excluding carboxylic acids is 10. The van der Waals surface area contributed by atoms with Crippen LogP contribution in [0.3, 0.4) is 0 Å². The van der Waals surface area contributed by atoms with Crippen molar-refractivity contribution in [2.24, 2.45) is 0 Å². The zero-order valence-electron chi connectivity index (χ0n) is 62.7. The highest BCUT2D eigenvalue weighted by atomic mass is 16.8. The van der Waals surface area contributed by atoms with Crippen molar-refractivity contribution < 1.29 is 134 Å². The van der Waals surface area contributed by atoms with E-state index in [1.165, 1.54) is 170 Å². The van der Waals surface area contributed by atoms with Crippen LogP contribution in [0.25, 0.3) is 0 Å². The maximum Gasteiger partial charge on any atom is 0.343 e. The highest BCUT2D eigenvalue weighted by molar-refractivity contribution is 5.94. The summed E-state index contributed by atoms with van der Waals surface area (Å²) in [4.78, 5) is 154. The number of carbonyl (C=O) groups is 11. The van der Waals surface area contributed by atoms with E-state index in [4.69, 9.17) is 66.3 Å². The molecule has 0 aliphatic carbocycles. The quantitative estimate of drug-likeness (QED) is 0.0105. The number of carboxylic acid groups (broad SMARTS) is 1. The third-order valence-corrected chi connectivity index (χ3v) is 17.4. The number of benzene rings is 8. The summed E-state index contributed by atoms with van der Waals surface area (Å²) in [6.45, 7) is -0.803. The lowest BCUT2D eigenvalue weighted by atomic mass is 9.97. The van der Waals surface area contributed by atoms with Crippen LogP contribution in [0.1, 0.15) is 154 Å². The molecule has 602 valence electrons. The van der Waals surface area contributed by atoms with Gasteiger partial charge < -0.3 is 81.6 Å². The number of aliphatic carboxylic acids is 1. The van der Waals surface area contributed by atoms with Crippen LogP contribution in [-0.2, 0) is 80.7 Å². The molecule has 0 bridgehead atoms. The number of rotatable bonds is 42. The molecule has 1 aliphatic heterocycles. The topological polar surface area (TPSA) is 378 Å². The first-order valence-corrected chi connectivity index (χ1v) is 36.9. The van der Waals surface area contributed by atoms with Crippen molar-refractivity contribution >= 4 is 65.7 Å². The summed E-state index contributed by atoms with van der Waals surface area (Å²) in [5.74, 6) is -13.7. The zero-order valence-corrected chi connectivity index (χ0v) is 62.7. The largest absolute Gasteiger partial charge is 0.481 e. The maximum atomic E-state index is 14.8. The van der Waals surface area contributed by atoms with Gasteiger partial charge in [-0.05, 0) is 110 Å². The molecule has 9 rings (SSSR count). The summed E-state index contributed by atoms with van der Waals surface area (Å²) >= 11 is 0. The van der Waals surface area contributed by atoms with Crippen molar-refractivity contribution in [2.75, 3.05) is 26.4 Å². The number of unbranched alkanes of at least 4 members (excludes halogenated alkanes) is 5. The maximum absolute atomic E-state index is 14.8. The van der Waals surface area contributed by atoms with Gasteiger partial charge >= 0.3 is 65.7 Å². The van der Waals surface area contributed by atoms with Gasteiger partial charge in [0.1, 0.15) is 24.9 Å². The molecule has 0 spiro atoms. The average molecular weight is 1580 g/mol. The number of aliphatic hydroxyl groups is 2. The first-order chi connectivity index (χ1) is 55.7. The van der Waals surface area contributed by atoms with Crippen LogP contribution in [0, 0.1) is 0 Å². The normalized spacial score (nSPS) is 16.8. The van der Waals surface area contributed by atoms with E-state index < -0.39 is 178 Å². The Morgan fingerprint density at radius 3 is 1.19 bits per heavy atom. The molecule has 28 heteroatoms. The van der Waals surface area contributed by atoms with Gasteiger partial charge in [-0.3, -0.25) is 14.4 Å². The van der Waals surface area contributed by atoms with Crippen LogP contribution in [0.4, 0.5) is 0 Å². The molecule has 28 nitrogen and oxygen atoms in total.